The van der Waals surface area contributed by atoms with E-state index in [1.165, 1.54) is 6.07 Å². The van der Waals surface area contributed by atoms with Crippen LogP contribution < -0.4 is 10.0 Å². The van der Waals surface area contributed by atoms with Crippen molar-refractivity contribution in [2.24, 2.45) is 0 Å². The molecule has 2 N–H and O–H groups in total. The van der Waals surface area contributed by atoms with E-state index in [-0.39, 0.29) is 17.4 Å². The summed E-state index contributed by atoms with van der Waals surface area (Å²) in [5.74, 6) is -0.437. The molecule has 3 aromatic carbocycles. The van der Waals surface area contributed by atoms with Crippen LogP contribution in [-0.2, 0) is 29.0 Å². The van der Waals surface area contributed by atoms with Crippen LogP contribution in [0.5, 0.6) is 0 Å². The van der Waals surface area contributed by atoms with Gasteiger partial charge < -0.3 is 5.32 Å². The standard InChI is InChI=1S/C26H25F3N2O3S/c1-3-35(33,34)31-22-13-17-10-11-21(14-19(17)15-22)30-25(32)23-9-4-6-16(2)24(23)18-7-5-8-20(12-18)26(27,28)29/h4-12,14,22,31H,3,13,15H2,1-2H3,(H,30,32). The van der Waals surface area contributed by atoms with Crippen molar-refractivity contribution < 1.29 is 26.4 Å². The first-order valence-electron chi connectivity index (χ1n) is 11.2. The number of amides is 1. The minimum Gasteiger partial charge on any atom is -0.322 e. The molecule has 0 saturated heterocycles. The monoisotopic (exact) mass is 502 g/mol. The lowest BCUT2D eigenvalue weighted by Crippen LogP contribution is -2.36. The highest BCUT2D eigenvalue weighted by molar-refractivity contribution is 7.89. The molecule has 35 heavy (non-hydrogen) atoms. The molecule has 0 aliphatic heterocycles. The number of carbonyl (C=O) groups is 1. The van der Waals surface area contributed by atoms with Gasteiger partial charge in [0.2, 0.25) is 10.0 Å². The highest BCUT2D eigenvalue weighted by Crippen LogP contribution is 2.35. The first-order chi connectivity index (χ1) is 16.5. The number of fused-ring (bicyclic) bond motifs is 1. The second-order valence-corrected chi connectivity index (χ2v) is 10.7. The topological polar surface area (TPSA) is 75.3 Å². The van der Waals surface area contributed by atoms with Crippen molar-refractivity contribution >= 4 is 21.6 Å². The van der Waals surface area contributed by atoms with Crippen LogP contribution >= 0.6 is 0 Å². The van der Waals surface area contributed by atoms with Gasteiger partial charge in [-0.3, -0.25) is 4.79 Å². The van der Waals surface area contributed by atoms with Crippen molar-refractivity contribution in [3.63, 3.8) is 0 Å². The van der Waals surface area contributed by atoms with Crippen LogP contribution in [0.2, 0.25) is 0 Å². The molecule has 0 bridgehead atoms. The van der Waals surface area contributed by atoms with Gasteiger partial charge in [0.05, 0.1) is 11.3 Å². The third-order valence-corrected chi connectivity index (χ3v) is 7.57. The van der Waals surface area contributed by atoms with Gasteiger partial charge in [-0.05, 0) is 84.8 Å². The van der Waals surface area contributed by atoms with E-state index in [1.54, 1.807) is 44.2 Å². The summed E-state index contributed by atoms with van der Waals surface area (Å²) in [7, 11) is -3.32. The molecule has 1 amide bonds. The SMILES string of the molecule is CCS(=O)(=O)NC1Cc2ccc(NC(=O)c3cccc(C)c3-c3cccc(C(F)(F)F)c3)cc2C1. The van der Waals surface area contributed by atoms with Crippen LogP contribution in [0, 0.1) is 6.92 Å². The number of aryl methyl sites for hydroxylation is 1. The van der Waals surface area contributed by atoms with Gasteiger partial charge in [-0.1, -0.05) is 30.3 Å². The predicted octanol–water partition coefficient (Wildman–Crippen LogP) is 5.34. The van der Waals surface area contributed by atoms with Crippen molar-refractivity contribution in [1.82, 2.24) is 4.72 Å². The Morgan fingerprint density at radius 3 is 2.43 bits per heavy atom. The summed E-state index contributed by atoms with van der Waals surface area (Å²) in [6.07, 6.45) is -3.41. The Hall–Kier alpha value is -3.17. The van der Waals surface area contributed by atoms with Crippen molar-refractivity contribution in [3.8, 4) is 11.1 Å². The van der Waals surface area contributed by atoms with E-state index in [2.05, 4.69) is 10.0 Å². The summed E-state index contributed by atoms with van der Waals surface area (Å²) < 4.78 is 66.3. The second kappa shape index (κ2) is 9.47. The molecular weight excluding hydrogens is 477 g/mol. The zero-order valence-electron chi connectivity index (χ0n) is 19.2. The molecule has 0 heterocycles. The number of alkyl halides is 3. The van der Waals surface area contributed by atoms with Crippen LogP contribution in [0.1, 0.15) is 39.5 Å². The average molecular weight is 503 g/mol. The molecule has 9 heteroatoms. The van der Waals surface area contributed by atoms with E-state index in [0.717, 1.165) is 23.3 Å². The Balaban J connectivity index is 1.59. The Morgan fingerprint density at radius 1 is 1.00 bits per heavy atom. The fraction of sp³-hybridized carbons (Fsp3) is 0.269. The summed E-state index contributed by atoms with van der Waals surface area (Å²) >= 11 is 0. The minimum absolute atomic E-state index is 0.00581. The number of anilines is 1. The van der Waals surface area contributed by atoms with Crippen LogP contribution in [0.15, 0.2) is 60.7 Å². The fourth-order valence-electron chi connectivity index (χ4n) is 4.41. The molecule has 3 aromatic rings. The fourth-order valence-corrected chi connectivity index (χ4v) is 5.25. The summed E-state index contributed by atoms with van der Waals surface area (Å²) in [6, 6.07) is 15.1. The van der Waals surface area contributed by atoms with Gasteiger partial charge in [-0.2, -0.15) is 13.2 Å². The molecule has 0 saturated carbocycles. The number of rotatable bonds is 6. The van der Waals surface area contributed by atoms with E-state index in [1.807, 2.05) is 12.1 Å². The molecule has 1 unspecified atom stereocenters. The summed E-state index contributed by atoms with van der Waals surface area (Å²) in [5, 5.41) is 2.84. The van der Waals surface area contributed by atoms with Crippen molar-refractivity contribution in [3.05, 3.63) is 88.5 Å². The zero-order chi connectivity index (χ0) is 25.4. The molecule has 1 atom stereocenters. The lowest BCUT2D eigenvalue weighted by molar-refractivity contribution is -0.137. The number of halogens is 3. The third kappa shape index (κ3) is 5.57. The summed E-state index contributed by atoms with van der Waals surface area (Å²) in [4.78, 5) is 13.2. The Morgan fingerprint density at radius 2 is 1.71 bits per heavy atom. The molecule has 0 spiro atoms. The first-order valence-corrected chi connectivity index (χ1v) is 12.8. The number of nitrogens with one attached hydrogen (secondary N) is 2. The van der Waals surface area contributed by atoms with E-state index in [4.69, 9.17) is 0 Å². The normalized spacial score (nSPS) is 15.6. The lowest BCUT2D eigenvalue weighted by Gasteiger charge is -2.15. The predicted molar refractivity (Wildman–Crippen MR) is 130 cm³/mol. The number of benzene rings is 3. The average Bonchev–Trinajstić information content (AvgIpc) is 3.19. The Labute approximate surface area is 202 Å². The summed E-state index contributed by atoms with van der Waals surface area (Å²) in [5.41, 5.74) is 3.38. The molecule has 1 aliphatic rings. The molecule has 0 fully saturated rings. The van der Waals surface area contributed by atoms with Crippen LogP contribution in [-0.4, -0.2) is 26.1 Å². The Bertz CT molecular complexity index is 1380. The van der Waals surface area contributed by atoms with E-state index in [0.29, 0.717) is 35.2 Å². The van der Waals surface area contributed by atoms with E-state index >= 15 is 0 Å². The van der Waals surface area contributed by atoms with Gasteiger partial charge in [0.1, 0.15) is 0 Å². The number of carbonyl (C=O) groups excluding carboxylic acids is 1. The van der Waals surface area contributed by atoms with Gasteiger partial charge in [0, 0.05) is 17.3 Å². The maximum atomic E-state index is 13.3. The third-order valence-electron chi connectivity index (χ3n) is 6.12. The molecular formula is C26H25F3N2O3S. The minimum atomic E-state index is -4.49. The highest BCUT2D eigenvalue weighted by Gasteiger charge is 2.31. The molecule has 0 radical (unpaired) electrons. The van der Waals surface area contributed by atoms with Gasteiger partial charge in [-0.15, -0.1) is 0 Å². The van der Waals surface area contributed by atoms with E-state index in [9.17, 15) is 26.4 Å². The van der Waals surface area contributed by atoms with Crippen LogP contribution in [0.4, 0.5) is 18.9 Å². The molecule has 184 valence electrons. The van der Waals surface area contributed by atoms with Gasteiger partial charge in [-0.25, -0.2) is 13.1 Å². The van der Waals surface area contributed by atoms with Crippen molar-refractivity contribution in [2.75, 3.05) is 11.1 Å². The second-order valence-electron chi connectivity index (χ2n) is 8.64. The Kier molecular flexibility index (Phi) is 6.75. The van der Waals surface area contributed by atoms with E-state index < -0.39 is 27.7 Å². The smallest absolute Gasteiger partial charge is 0.322 e. The lowest BCUT2D eigenvalue weighted by atomic mass is 9.93. The quantitative estimate of drug-likeness (QED) is 0.478. The van der Waals surface area contributed by atoms with Crippen molar-refractivity contribution in [1.29, 1.82) is 0 Å². The number of sulfonamides is 1. The van der Waals surface area contributed by atoms with Gasteiger partial charge >= 0.3 is 6.18 Å². The van der Waals surface area contributed by atoms with Crippen LogP contribution in [0.3, 0.4) is 0 Å². The van der Waals surface area contributed by atoms with Gasteiger partial charge in [0.25, 0.3) is 5.91 Å². The zero-order valence-corrected chi connectivity index (χ0v) is 20.1. The van der Waals surface area contributed by atoms with Gasteiger partial charge in [0.15, 0.2) is 0 Å². The number of hydrogen-bond donors (Lipinski definition) is 2. The maximum Gasteiger partial charge on any atom is 0.416 e. The maximum absolute atomic E-state index is 13.3. The van der Waals surface area contributed by atoms with Crippen molar-refractivity contribution in [2.45, 2.75) is 38.9 Å². The largest absolute Gasteiger partial charge is 0.416 e. The highest BCUT2D eigenvalue weighted by atomic mass is 32.2. The van der Waals surface area contributed by atoms with Crippen LogP contribution in [0.25, 0.3) is 11.1 Å². The summed E-state index contributed by atoms with van der Waals surface area (Å²) in [6.45, 7) is 3.33. The molecule has 1 aliphatic carbocycles. The molecule has 4 rings (SSSR count). The molecule has 5 nitrogen and oxygen atoms in total. The first kappa shape index (κ1) is 24.9. The molecule has 0 aromatic heterocycles. The number of hydrogen-bond acceptors (Lipinski definition) is 3.